The van der Waals surface area contributed by atoms with E-state index in [0.717, 1.165) is 18.7 Å². The van der Waals surface area contributed by atoms with Crippen molar-refractivity contribution in [3.05, 3.63) is 18.2 Å². The van der Waals surface area contributed by atoms with Crippen molar-refractivity contribution in [3.8, 4) is 0 Å². The maximum atomic E-state index is 11.7. The van der Waals surface area contributed by atoms with Crippen LogP contribution in [0.25, 0.3) is 0 Å². The minimum absolute atomic E-state index is 0.188. The molecule has 0 aliphatic rings. The molecule has 0 saturated carbocycles. The van der Waals surface area contributed by atoms with E-state index in [1.54, 1.807) is 12.1 Å². The van der Waals surface area contributed by atoms with E-state index >= 15 is 0 Å². The maximum absolute atomic E-state index is 11.7. The minimum atomic E-state index is -3.43. The average Bonchev–Trinajstić information content (AvgIpc) is 2.47. The molecule has 0 heterocycles. The number of unbranched alkanes of at least 4 members (excludes halogenated alkanes) is 5. The predicted molar refractivity (Wildman–Crippen MR) is 89.0 cm³/mol. The molecule has 21 heavy (non-hydrogen) atoms. The fourth-order valence-electron chi connectivity index (χ4n) is 2.12. The zero-order valence-corrected chi connectivity index (χ0v) is 13.8. The molecule has 0 saturated heterocycles. The number of rotatable bonds is 10. The Morgan fingerprint density at radius 2 is 1.76 bits per heavy atom. The van der Waals surface area contributed by atoms with E-state index in [9.17, 15) is 8.42 Å². The summed E-state index contributed by atoms with van der Waals surface area (Å²) in [4.78, 5) is 0.188. The number of hydrogen-bond donors (Lipinski definition) is 3. The van der Waals surface area contributed by atoms with Crippen LogP contribution in [0.3, 0.4) is 0 Å². The number of nitrogen functional groups attached to an aromatic ring is 1. The first kappa shape index (κ1) is 17.8. The van der Waals surface area contributed by atoms with Crippen LogP contribution in [0.4, 0.5) is 11.4 Å². The second-order valence-electron chi connectivity index (χ2n) is 5.15. The molecule has 0 spiro atoms. The van der Waals surface area contributed by atoms with Crippen LogP contribution in [-0.2, 0) is 10.0 Å². The van der Waals surface area contributed by atoms with Gasteiger partial charge in [0, 0.05) is 6.54 Å². The van der Waals surface area contributed by atoms with Crippen molar-refractivity contribution < 1.29 is 8.42 Å². The van der Waals surface area contributed by atoms with E-state index in [-0.39, 0.29) is 4.90 Å². The maximum Gasteiger partial charge on any atom is 0.240 e. The van der Waals surface area contributed by atoms with Gasteiger partial charge in [-0.1, -0.05) is 39.0 Å². The Bertz CT molecular complexity index is 530. The first-order chi connectivity index (χ1) is 10.0. The van der Waals surface area contributed by atoms with Crippen molar-refractivity contribution in [1.29, 1.82) is 0 Å². The van der Waals surface area contributed by atoms with E-state index in [1.807, 2.05) is 0 Å². The van der Waals surface area contributed by atoms with Crippen LogP contribution in [0.2, 0.25) is 0 Å². The highest BCUT2D eigenvalue weighted by molar-refractivity contribution is 7.89. The zero-order chi connectivity index (χ0) is 15.7. The second kappa shape index (κ2) is 8.89. The summed E-state index contributed by atoms with van der Waals surface area (Å²) in [5, 5.41) is 3.26. The van der Waals surface area contributed by atoms with Crippen LogP contribution in [0.15, 0.2) is 23.1 Å². The molecule has 5 nitrogen and oxygen atoms in total. The van der Waals surface area contributed by atoms with E-state index in [1.165, 1.54) is 45.2 Å². The van der Waals surface area contributed by atoms with Crippen LogP contribution in [0.1, 0.15) is 45.4 Å². The largest absolute Gasteiger partial charge is 0.397 e. The topological polar surface area (TPSA) is 84.2 Å². The molecule has 4 N–H and O–H groups in total. The third-order valence-electron chi connectivity index (χ3n) is 3.45. The lowest BCUT2D eigenvalue weighted by molar-refractivity contribution is 0.588. The van der Waals surface area contributed by atoms with Gasteiger partial charge in [0.25, 0.3) is 0 Å². The lowest BCUT2D eigenvalue weighted by Gasteiger charge is -2.11. The SMILES string of the molecule is CCCCCCCCNc1ccc(S(=O)(=O)NC)cc1N. The molecule has 0 atom stereocenters. The molecule has 0 bridgehead atoms. The summed E-state index contributed by atoms with van der Waals surface area (Å²) in [6.07, 6.45) is 7.44. The highest BCUT2D eigenvalue weighted by Gasteiger charge is 2.12. The monoisotopic (exact) mass is 313 g/mol. The summed E-state index contributed by atoms with van der Waals surface area (Å²) in [6, 6.07) is 4.76. The molecule has 1 aromatic carbocycles. The Morgan fingerprint density at radius 1 is 1.10 bits per heavy atom. The van der Waals surface area contributed by atoms with Crippen molar-refractivity contribution >= 4 is 21.4 Å². The number of anilines is 2. The van der Waals surface area contributed by atoms with E-state index in [0.29, 0.717) is 5.69 Å². The van der Waals surface area contributed by atoms with Crippen molar-refractivity contribution in [2.45, 2.75) is 50.3 Å². The van der Waals surface area contributed by atoms with Gasteiger partial charge in [0.2, 0.25) is 10.0 Å². The minimum Gasteiger partial charge on any atom is -0.397 e. The molecule has 0 unspecified atom stereocenters. The van der Waals surface area contributed by atoms with Crippen molar-refractivity contribution in [1.82, 2.24) is 4.72 Å². The lowest BCUT2D eigenvalue weighted by Crippen LogP contribution is -2.18. The van der Waals surface area contributed by atoms with Gasteiger partial charge >= 0.3 is 0 Å². The van der Waals surface area contributed by atoms with Gasteiger partial charge in [-0.15, -0.1) is 0 Å². The summed E-state index contributed by atoms with van der Waals surface area (Å²) < 4.78 is 25.6. The molecule has 0 fully saturated rings. The van der Waals surface area contributed by atoms with Gasteiger partial charge in [0.05, 0.1) is 16.3 Å². The van der Waals surface area contributed by atoms with Gasteiger partial charge in [0.15, 0.2) is 0 Å². The standard InChI is InChI=1S/C15H27N3O2S/c1-3-4-5-6-7-8-11-18-15-10-9-13(12-14(15)16)21(19,20)17-2/h9-10,12,17-18H,3-8,11,16H2,1-2H3. The lowest BCUT2D eigenvalue weighted by atomic mass is 10.1. The van der Waals surface area contributed by atoms with Gasteiger partial charge in [-0.25, -0.2) is 13.1 Å². The van der Waals surface area contributed by atoms with Crippen molar-refractivity contribution in [2.75, 3.05) is 24.6 Å². The summed E-state index contributed by atoms with van der Waals surface area (Å²) in [5.41, 5.74) is 7.14. The molecular weight excluding hydrogens is 286 g/mol. The van der Waals surface area contributed by atoms with Crippen LogP contribution < -0.4 is 15.8 Å². The molecule has 0 amide bonds. The Labute approximate surface area is 128 Å². The molecular formula is C15H27N3O2S. The summed E-state index contributed by atoms with van der Waals surface area (Å²) in [7, 11) is -2.05. The van der Waals surface area contributed by atoms with Crippen molar-refractivity contribution in [2.24, 2.45) is 0 Å². The highest BCUT2D eigenvalue weighted by atomic mass is 32.2. The Hall–Kier alpha value is -1.27. The molecule has 0 radical (unpaired) electrons. The van der Waals surface area contributed by atoms with Gasteiger partial charge in [-0.05, 0) is 31.7 Å². The molecule has 0 aromatic heterocycles. The summed E-state index contributed by atoms with van der Waals surface area (Å²) in [5.74, 6) is 0. The van der Waals surface area contributed by atoms with Gasteiger partial charge in [0.1, 0.15) is 0 Å². The number of nitrogens with two attached hydrogens (primary N) is 1. The number of hydrogen-bond acceptors (Lipinski definition) is 4. The third-order valence-corrected chi connectivity index (χ3v) is 4.86. The van der Waals surface area contributed by atoms with E-state index in [2.05, 4.69) is 17.0 Å². The van der Waals surface area contributed by atoms with Crippen molar-refractivity contribution in [3.63, 3.8) is 0 Å². The number of benzene rings is 1. The van der Waals surface area contributed by atoms with Crippen LogP contribution in [-0.4, -0.2) is 22.0 Å². The molecule has 1 aromatic rings. The van der Waals surface area contributed by atoms with Gasteiger partial charge in [-0.2, -0.15) is 0 Å². The van der Waals surface area contributed by atoms with E-state index < -0.39 is 10.0 Å². The van der Waals surface area contributed by atoms with Gasteiger partial charge < -0.3 is 11.1 Å². The fraction of sp³-hybridized carbons (Fsp3) is 0.600. The van der Waals surface area contributed by atoms with Crippen LogP contribution in [0, 0.1) is 0 Å². The molecule has 0 aliphatic heterocycles. The second-order valence-corrected chi connectivity index (χ2v) is 7.04. The van der Waals surface area contributed by atoms with Crippen LogP contribution in [0.5, 0.6) is 0 Å². The van der Waals surface area contributed by atoms with E-state index in [4.69, 9.17) is 5.73 Å². The van der Waals surface area contributed by atoms with Crippen LogP contribution >= 0.6 is 0 Å². The predicted octanol–water partition coefficient (Wildman–Crippen LogP) is 2.95. The number of nitrogens with one attached hydrogen (secondary N) is 2. The highest BCUT2D eigenvalue weighted by Crippen LogP contribution is 2.22. The molecule has 1 rings (SSSR count). The van der Waals surface area contributed by atoms with Gasteiger partial charge in [-0.3, -0.25) is 0 Å². The fourth-order valence-corrected chi connectivity index (χ4v) is 2.88. The normalized spacial score (nSPS) is 11.5. The third kappa shape index (κ3) is 5.93. The number of sulfonamides is 1. The molecule has 6 heteroatoms. The average molecular weight is 313 g/mol. The summed E-state index contributed by atoms with van der Waals surface area (Å²) >= 11 is 0. The molecule has 0 aliphatic carbocycles. The Morgan fingerprint density at radius 3 is 2.38 bits per heavy atom. The zero-order valence-electron chi connectivity index (χ0n) is 13.0. The summed E-state index contributed by atoms with van der Waals surface area (Å²) in [6.45, 7) is 3.07. The smallest absolute Gasteiger partial charge is 0.240 e. The Kier molecular flexibility index (Phi) is 7.53. The first-order valence-electron chi connectivity index (χ1n) is 7.58. The quantitative estimate of drug-likeness (QED) is 0.458. The Balaban J connectivity index is 2.43. The molecule has 120 valence electrons. The first-order valence-corrected chi connectivity index (χ1v) is 9.06.